The van der Waals surface area contributed by atoms with Crippen LogP contribution in [0.1, 0.15) is 17.5 Å². The van der Waals surface area contributed by atoms with E-state index in [4.69, 9.17) is 0 Å². The number of para-hydroxylation sites is 1. The molecule has 3 rings (SSSR count). The van der Waals surface area contributed by atoms with Crippen LogP contribution in [0.4, 0.5) is 18.9 Å². The molecule has 1 amide bonds. The van der Waals surface area contributed by atoms with Gasteiger partial charge in [-0.2, -0.15) is 13.2 Å². The minimum absolute atomic E-state index is 0.0388. The third-order valence-corrected chi connectivity index (χ3v) is 5.00. The van der Waals surface area contributed by atoms with E-state index in [1.807, 2.05) is 24.3 Å². The van der Waals surface area contributed by atoms with E-state index >= 15 is 0 Å². The number of fused-ring (bicyclic) bond motifs is 1. The van der Waals surface area contributed by atoms with Gasteiger partial charge in [0.1, 0.15) is 0 Å². The fourth-order valence-corrected chi connectivity index (χ4v) is 3.71. The zero-order valence-corrected chi connectivity index (χ0v) is 13.7. The van der Waals surface area contributed by atoms with Crippen molar-refractivity contribution in [2.24, 2.45) is 0 Å². The number of carbonyl (C=O) groups excluding carboxylic acids is 1. The molecule has 2 aromatic carbocycles. The largest absolute Gasteiger partial charge is 0.416 e. The Morgan fingerprint density at radius 3 is 2.71 bits per heavy atom. The molecule has 2 aromatic rings. The van der Waals surface area contributed by atoms with E-state index in [1.165, 1.54) is 6.07 Å². The molecule has 2 nitrogen and oxygen atoms in total. The molecule has 0 atom stereocenters. The summed E-state index contributed by atoms with van der Waals surface area (Å²) in [7, 11) is 0. The second-order valence-electron chi connectivity index (χ2n) is 5.59. The van der Waals surface area contributed by atoms with Crippen LogP contribution in [0.2, 0.25) is 0 Å². The Hall–Kier alpha value is -1.95. The van der Waals surface area contributed by atoms with E-state index in [0.29, 0.717) is 12.1 Å². The summed E-state index contributed by atoms with van der Waals surface area (Å²) < 4.78 is 38.4. The first-order valence-electron chi connectivity index (χ1n) is 7.63. The maximum atomic E-state index is 12.8. The Kier molecular flexibility index (Phi) is 4.85. The van der Waals surface area contributed by atoms with Gasteiger partial charge < -0.3 is 4.90 Å². The fraction of sp³-hybridized carbons (Fsp3) is 0.278. The topological polar surface area (TPSA) is 20.3 Å². The number of anilines is 1. The predicted octanol–water partition coefficient (Wildman–Crippen LogP) is 4.78. The molecule has 24 heavy (non-hydrogen) atoms. The van der Waals surface area contributed by atoms with Crippen LogP contribution in [0, 0.1) is 0 Å². The highest BCUT2D eigenvalue weighted by Gasteiger charge is 2.30. The third-order valence-electron chi connectivity index (χ3n) is 3.85. The van der Waals surface area contributed by atoms with Crippen molar-refractivity contribution in [3.63, 3.8) is 0 Å². The van der Waals surface area contributed by atoms with Gasteiger partial charge in [0.2, 0.25) is 5.91 Å². The van der Waals surface area contributed by atoms with E-state index in [1.54, 1.807) is 22.7 Å². The summed E-state index contributed by atoms with van der Waals surface area (Å²) in [6.45, 7) is 0.585. The lowest BCUT2D eigenvalue weighted by Crippen LogP contribution is -2.33. The number of hydrogen-bond acceptors (Lipinski definition) is 2. The van der Waals surface area contributed by atoms with Gasteiger partial charge in [0.15, 0.2) is 0 Å². The van der Waals surface area contributed by atoms with Crippen molar-refractivity contribution < 1.29 is 18.0 Å². The Morgan fingerprint density at radius 1 is 1.12 bits per heavy atom. The molecule has 0 radical (unpaired) electrons. The van der Waals surface area contributed by atoms with Crippen LogP contribution in [0.25, 0.3) is 0 Å². The Morgan fingerprint density at radius 2 is 1.92 bits per heavy atom. The van der Waals surface area contributed by atoms with Gasteiger partial charge >= 0.3 is 6.18 Å². The molecule has 0 N–H and O–H groups in total. The highest BCUT2D eigenvalue weighted by atomic mass is 32.2. The molecule has 0 fully saturated rings. The molecule has 0 saturated heterocycles. The van der Waals surface area contributed by atoms with Gasteiger partial charge in [-0.25, -0.2) is 0 Å². The molecule has 1 heterocycles. The zero-order chi connectivity index (χ0) is 17.2. The van der Waals surface area contributed by atoms with Gasteiger partial charge in [0.25, 0.3) is 0 Å². The number of carbonyl (C=O) groups is 1. The molecule has 6 heteroatoms. The van der Waals surface area contributed by atoms with Crippen LogP contribution < -0.4 is 4.90 Å². The first kappa shape index (κ1) is 16.9. The average molecular weight is 351 g/mol. The molecular weight excluding hydrogens is 335 g/mol. The smallest absolute Gasteiger partial charge is 0.311 e. The standard InChI is InChI=1S/C18H16F3NOS/c19-18(20,21)14-6-3-5-13(11-14)12-17(23)22-9-4-10-24-16-8-2-1-7-15(16)22/h1-3,5-8,11H,4,9-10,12H2. The number of rotatable bonds is 2. The zero-order valence-electron chi connectivity index (χ0n) is 12.8. The van der Waals surface area contributed by atoms with E-state index in [-0.39, 0.29) is 12.3 Å². The van der Waals surface area contributed by atoms with Gasteiger partial charge in [-0.3, -0.25) is 4.79 Å². The number of hydrogen-bond donors (Lipinski definition) is 0. The summed E-state index contributed by atoms with van der Waals surface area (Å²) in [5.74, 6) is 0.744. The van der Waals surface area contributed by atoms with Gasteiger partial charge in [-0.1, -0.05) is 30.3 Å². The van der Waals surface area contributed by atoms with Crippen LogP contribution in [0.15, 0.2) is 53.4 Å². The monoisotopic (exact) mass is 351 g/mol. The number of alkyl halides is 3. The molecule has 0 spiro atoms. The molecule has 0 aliphatic carbocycles. The first-order valence-corrected chi connectivity index (χ1v) is 8.62. The average Bonchev–Trinajstić information content (AvgIpc) is 2.77. The maximum absolute atomic E-state index is 12.8. The lowest BCUT2D eigenvalue weighted by molar-refractivity contribution is -0.137. The van der Waals surface area contributed by atoms with Crippen LogP contribution in [-0.4, -0.2) is 18.2 Å². The quantitative estimate of drug-likeness (QED) is 0.776. The SMILES string of the molecule is O=C(Cc1cccc(C(F)(F)F)c1)N1CCCSc2ccccc21. The molecular formula is C18H16F3NOS. The first-order chi connectivity index (χ1) is 11.4. The molecule has 126 valence electrons. The van der Waals surface area contributed by atoms with E-state index < -0.39 is 11.7 Å². The second-order valence-corrected chi connectivity index (χ2v) is 6.73. The summed E-state index contributed by atoms with van der Waals surface area (Å²) in [5, 5.41) is 0. The highest BCUT2D eigenvalue weighted by Crippen LogP contribution is 2.34. The number of nitrogens with zero attached hydrogens (tertiary/aromatic N) is 1. The fourth-order valence-electron chi connectivity index (χ4n) is 2.71. The van der Waals surface area contributed by atoms with Crippen LogP contribution in [0.5, 0.6) is 0 Å². The van der Waals surface area contributed by atoms with E-state index in [2.05, 4.69) is 0 Å². The second kappa shape index (κ2) is 6.89. The normalized spacial score (nSPS) is 14.9. The predicted molar refractivity (Wildman–Crippen MR) is 89.3 cm³/mol. The molecule has 0 aromatic heterocycles. The summed E-state index contributed by atoms with van der Waals surface area (Å²) in [6.07, 6.45) is -3.58. The number of halogens is 3. The van der Waals surface area contributed by atoms with E-state index in [0.717, 1.165) is 34.9 Å². The van der Waals surface area contributed by atoms with Crippen molar-refractivity contribution in [2.75, 3.05) is 17.2 Å². The molecule has 1 aliphatic heterocycles. The lowest BCUT2D eigenvalue weighted by Gasteiger charge is -2.22. The summed E-state index contributed by atoms with van der Waals surface area (Å²) in [5.41, 5.74) is 0.501. The van der Waals surface area contributed by atoms with Crippen molar-refractivity contribution in [2.45, 2.75) is 23.9 Å². The number of thioether (sulfide) groups is 1. The number of amides is 1. The Labute approximate surface area is 142 Å². The van der Waals surface area contributed by atoms with Crippen molar-refractivity contribution in [1.82, 2.24) is 0 Å². The highest BCUT2D eigenvalue weighted by molar-refractivity contribution is 7.99. The summed E-state index contributed by atoms with van der Waals surface area (Å²) in [4.78, 5) is 15.4. The van der Waals surface area contributed by atoms with Gasteiger partial charge in [-0.15, -0.1) is 11.8 Å². The summed E-state index contributed by atoms with van der Waals surface area (Å²) >= 11 is 1.70. The lowest BCUT2D eigenvalue weighted by atomic mass is 10.1. The van der Waals surface area contributed by atoms with Crippen molar-refractivity contribution in [3.8, 4) is 0 Å². The van der Waals surface area contributed by atoms with Crippen molar-refractivity contribution in [3.05, 3.63) is 59.7 Å². The van der Waals surface area contributed by atoms with Gasteiger partial charge in [-0.05, 0) is 35.9 Å². The van der Waals surface area contributed by atoms with Crippen LogP contribution in [-0.2, 0) is 17.4 Å². The third kappa shape index (κ3) is 3.75. The van der Waals surface area contributed by atoms with Gasteiger partial charge in [0, 0.05) is 11.4 Å². The van der Waals surface area contributed by atoms with Crippen LogP contribution in [0.3, 0.4) is 0 Å². The van der Waals surface area contributed by atoms with Crippen molar-refractivity contribution in [1.29, 1.82) is 0 Å². The molecule has 0 bridgehead atoms. The van der Waals surface area contributed by atoms with Crippen molar-refractivity contribution >= 4 is 23.4 Å². The molecule has 0 unspecified atom stereocenters. The van der Waals surface area contributed by atoms with E-state index in [9.17, 15) is 18.0 Å². The minimum Gasteiger partial charge on any atom is -0.311 e. The minimum atomic E-state index is -4.40. The number of benzene rings is 2. The van der Waals surface area contributed by atoms with Gasteiger partial charge in [0.05, 0.1) is 17.7 Å². The summed E-state index contributed by atoms with van der Waals surface area (Å²) in [6, 6.07) is 12.6. The Balaban J connectivity index is 1.83. The Bertz CT molecular complexity index is 745. The molecule has 1 aliphatic rings. The maximum Gasteiger partial charge on any atom is 0.416 e. The molecule has 0 saturated carbocycles. The van der Waals surface area contributed by atoms with Crippen LogP contribution >= 0.6 is 11.8 Å².